The molecule has 26 heavy (non-hydrogen) atoms. The standard InChI is InChI=1S/C22H25NO3/c24-22(23-12-6-1-2-7-13-23)15-19(17-8-4-3-5-9-17)18-10-11-20-21(14-18)26-16-25-20/h3-5,8-11,14,19H,1-2,6-7,12-13,15-16H2/t19-/m1/s1. The Balaban J connectivity index is 1.60. The van der Waals surface area contributed by atoms with Crippen LogP contribution in [0, 0.1) is 0 Å². The van der Waals surface area contributed by atoms with Gasteiger partial charge in [0.2, 0.25) is 12.7 Å². The Labute approximate surface area is 154 Å². The quantitative estimate of drug-likeness (QED) is 0.822. The van der Waals surface area contributed by atoms with Crippen LogP contribution in [-0.4, -0.2) is 30.7 Å². The number of fused-ring (bicyclic) bond motifs is 1. The van der Waals surface area contributed by atoms with Crippen LogP contribution in [0.4, 0.5) is 0 Å². The first-order valence-corrected chi connectivity index (χ1v) is 9.53. The molecule has 0 N–H and O–H groups in total. The predicted octanol–water partition coefficient (Wildman–Crippen LogP) is 4.34. The molecule has 0 unspecified atom stereocenters. The maximum absolute atomic E-state index is 13.0. The molecule has 4 rings (SSSR count). The summed E-state index contributed by atoms with van der Waals surface area (Å²) in [5.41, 5.74) is 2.26. The molecule has 0 bridgehead atoms. The van der Waals surface area contributed by atoms with E-state index >= 15 is 0 Å². The number of hydrogen-bond acceptors (Lipinski definition) is 3. The summed E-state index contributed by atoms with van der Waals surface area (Å²) in [7, 11) is 0. The van der Waals surface area contributed by atoms with E-state index in [1.165, 1.54) is 12.8 Å². The van der Waals surface area contributed by atoms with Gasteiger partial charge in [0.1, 0.15) is 0 Å². The first kappa shape index (κ1) is 17.0. The average molecular weight is 351 g/mol. The number of benzene rings is 2. The van der Waals surface area contributed by atoms with Gasteiger partial charge in [-0.3, -0.25) is 4.79 Å². The van der Waals surface area contributed by atoms with Crippen molar-refractivity contribution in [1.29, 1.82) is 0 Å². The molecule has 2 aliphatic rings. The normalized spacial score (nSPS) is 17.6. The number of hydrogen-bond donors (Lipinski definition) is 0. The van der Waals surface area contributed by atoms with Crippen LogP contribution in [-0.2, 0) is 4.79 Å². The second-order valence-electron chi connectivity index (χ2n) is 7.08. The molecule has 0 spiro atoms. The van der Waals surface area contributed by atoms with Crippen LogP contribution in [0.3, 0.4) is 0 Å². The number of carbonyl (C=O) groups is 1. The van der Waals surface area contributed by atoms with Crippen LogP contribution in [0.5, 0.6) is 11.5 Å². The maximum Gasteiger partial charge on any atom is 0.231 e. The van der Waals surface area contributed by atoms with Gasteiger partial charge in [0.05, 0.1) is 0 Å². The van der Waals surface area contributed by atoms with Gasteiger partial charge < -0.3 is 14.4 Å². The first-order chi connectivity index (χ1) is 12.8. The second kappa shape index (κ2) is 7.81. The van der Waals surface area contributed by atoms with E-state index in [1.807, 2.05) is 30.3 Å². The summed E-state index contributed by atoms with van der Waals surface area (Å²) < 4.78 is 11.0. The highest BCUT2D eigenvalue weighted by molar-refractivity contribution is 5.78. The summed E-state index contributed by atoms with van der Waals surface area (Å²) in [5.74, 6) is 1.82. The van der Waals surface area contributed by atoms with E-state index in [0.717, 1.165) is 48.6 Å². The minimum atomic E-state index is 0.0291. The number of ether oxygens (including phenoxy) is 2. The zero-order chi connectivity index (χ0) is 17.8. The molecule has 4 nitrogen and oxygen atoms in total. The van der Waals surface area contributed by atoms with Crippen molar-refractivity contribution in [2.45, 2.75) is 38.0 Å². The molecular weight excluding hydrogens is 326 g/mol. The van der Waals surface area contributed by atoms with Crippen molar-refractivity contribution in [2.75, 3.05) is 19.9 Å². The summed E-state index contributed by atoms with van der Waals surface area (Å²) in [6.07, 6.45) is 5.18. The molecular formula is C22H25NO3. The molecule has 1 saturated heterocycles. The van der Waals surface area contributed by atoms with Gasteiger partial charge in [-0.05, 0) is 36.1 Å². The van der Waals surface area contributed by atoms with Gasteiger partial charge in [0.15, 0.2) is 11.5 Å². The van der Waals surface area contributed by atoms with Crippen LogP contribution in [0.2, 0.25) is 0 Å². The van der Waals surface area contributed by atoms with Crippen LogP contribution < -0.4 is 9.47 Å². The highest BCUT2D eigenvalue weighted by Crippen LogP contribution is 2.37. The lowest BCUT2D eigenvalue weighted by atomic mass is 9.88. The van der Waals surface area contributed by atoms with Crippen molar-refractivity contribution < 1.29 is 14.3 Å². The molecule has 4 heteroatoms. The Morgan fingerprint density at radius 2 is 1.62 bits per heavy atom. The monoisotopic (exact) mass is 351 g/mol. The smallest absolute Gasteiger partial charge is 0.231 e. The third-order valence-corrected chi connectivity index (χ3v) is 5.34. The Morgan fingerprint density at radius 3 is 2.38 bits per heavy atom. The van der Waals surface area contributed by atoms with E-state index in [1.54, 1.807) is 0 Å². The number of rotatable bonds is 4. The van der Waals surface area contributed by atoms with Crippen molar-refractivity contribution in [2.24, 2.45) is 0 Å². The third kappa shape index (κ3) is 3.69. The first-order valence-electron chi connectivity index (χ1n) is 9.53. The minimum absolute atomic E-state index is 0.0291. The Bertz CT molecular complexity index is 751. The SMILES string of the molecule is O=C(C[C@H](c1ccccc1)c1ccc2c(c1)OCO2)N1CCCCCC1. The number of likely N-dealkylation sites (tertiary alicyclic amines) is 1. The molecule has 2 aromatic carbocycles. The molecule has 0 aliphatic carbocycles. The molecule has 2 heterocycles. The Hall–Kier alpha value is -2.49. The fourth-order valence-corrected chi connectivity index (χ4v) is 3.87. The average Bonchev–Trinajstić information content (AvgIpc) is 2.98. The zero-order valence-electron chi connectivity index (χ0n) is 15.0. The zero-order valence-corrected chi connectivity index (χ0v) is 15.0. The van der Waals surface area contributed by atoms with Crippen LogP contribution in [0.1, 0.15) is 49.1 Å². The van der Waals surface area contributed by atoms with Crippen molar-refractivity contribution >= 4 is 5.91 Å². The second-order valence-corrected chi connectivity index (χ2v) is 7.08. The fraction of sp³-hybridized carbons (Fsp3) is 0.409. The lowest BCUT2D eigenvalue weighted by molar-refractivity contribution is -0.131. The largest absolute Gasteiger partial charge is 0.454 e. The van der Waals surface area contributed by atoms with Crippen LogP contribution in [0.15, 0.2) is 48.5 Å². The Kier molecular flexibility index (Phi) is 5.09. The molecule has 136 valence electrons. The molecule has 1 amide bonds. The van der Waals surface area contributed by atoms with E-state index in [2.05, 4.69) is 23.1 Å². The molecule has 0 radical (unpaired) electrons. The molecule has 0 saturated carbocycles. The molecule has 1 fully saturated rings. The van der Waals surface area contributed by atoms with Crippen molar-refractivity contribution in [3.05, 3.63) is 59.7 Å². The van der Waals surface area contributed by atoms with Crippen molar-refractivity contribution in [3.63, 3.8) is 0 Å². The summed E-state index contributed by atoms with van der Waals surface area (Å²) in [5, 5.41) is 0. The van der Waals surface area contributed by atoms with Gasteiger partial charge in [-0.2, -0.15) is 0 Å². The van der Waals surface area contributed by atoms with Crippen LogP contribution in [0.25, 0.3) is 0 Å². The van der Waals surface area contributed by atoms with Gasteiger partial charge in [-0.15, -0.1) is 0 Å². The van der Waals surface area contributed by atoms with E-state index in [9.17, 15) is 4.79 Å². The molecule has 2 aromatic rings. The molecule has 0 aromatic heterocycles. The summed E-state index contributed by atoms with van der Waals surface area (Å²) >= 11 is 0. The Morgan fingerprint density at radius 1 is 0.885 bits per heavy atom. The maximum atomic E-state index is 13.0. The highest BCUT2D eigenvalue weighted by atomic mass is 16.7. The number of carbonyl (C=O) groups excluding carboxylic acids is 1. The summed E-state index contributed by atoms with van der Waals surface area (Å²) in [6.45, 7) is 2.05. The van der Waals surface area contributed by atoms with Crippen molar-refractivity contribution in [3.8, 4) is 11.5 Å². The van der Waals surface area contributed by atoms with Crippen molar-refractivity contribution in [1.82, 2.24) is 4.90 Å². The summed E-state index contributed by atoms with van der Waals surface area (Å²) in [6, 6.07) is 16.3. The van der Waals surface area contributed by atoms with E-state index in [-0.39, 0.29) is 18.6 Å². The van der Waals surface area contributed by atoms with E-state index < -0.39 is 0 Å². The topological polar surface area (TPSA) is 38.8 Å². The third-order valence-electron chi connectivity index (χ3n) is 5.34. The fourth-order valence-electron chi connectivity index (χ4n) is 3.87. The van der Waals surface area contributed by atoms with Gasteiger partial charge in [0, 0.05) is 25.4 Å². The van der Waals surface area contributed by atoms with Gasteiger partial charge >= 0.3 is 0 Å². The molecule has 1 atom stereocenters. The lowest BCUT2D eigenvalue weighted by Crippen LogP contribution is -2.33. The molecule has 2 aliphatic heterocycles. The summed E-state index contributed by atoms with van der Waals surface area (Å²) in [4.78, 5) is 15.1. The van der Waals surface area contributed by atoms with Gasteiger partial charge in [-0.25, -0.2) is 0 Å². The van der Waals surface area contributed by atoms with E-state index in [4.69, 9.17) is 9.47 Å². The van der Waals surface area contributed by atoms with Gasteiger partial charge in [-0.1, -0.05) is 49.2 Å². The minimum Gasteiger partial charge on any atom is -0.454 e. The number of amides is 1. The predicted molar refractivity (Wildman–Crippen MR) is 101 cm³/mol. The van der Waals surface area contributed by atoms with E-state index in [0.29, 0.717) is 6.42 Å². The number of nitrogens with zero attached hydrogens (tertiary/aromatic N) is 1. The van der Waals surface area contributed by atoms with Crippen LogP contribution >= 0.6 is 0 Å². The highest BCUT2D eigenvalue weighted by Gasteiger charge is 2.24. The lowest BCUT2D eigenvalue weighted by Gasteiger charge is -2.24. The van der Waals surface area contributed by atoms with Gasteiger partial charge in [0.25, 0.3) is 0 Å².